The van der Waals surface area contributed by atoms with Gasteiger partial charge in [0.1, 0.15) is 0 Å². The minimum atomic E-state index is 0.483. The van der Waals surface area contributed by atoms with Crippen molar-refractivity contribution in [1.82, 2.24) is 5.32 Å². The molecule has 1 fully saturated rings. The first kappa shape index (κ1) is 10.4. The monoisotopic (exact) mass is 187 g/mol. The third-order valence-corrected chi connectivity index (χ3v) is 4.10. The van der Waals surface area contributed by atoms with E-state index in [0.29, 0.717) is 4.75 Å². The first-order valence-electron chi connectivity index (χ1n) is 4.89. The number of thioether (sulfide) groups is 1. The SMILES string of the molecule is CC(C)CCNC1CSC1(C)C. The highest BCUT2D eigenvalue weighted by Gasteiger charge is 2.38. The lowest BCUT2D eigenvalue weighted by molar-refractivity contribution is 0.415. The largest absolute Gasteiger partial charge is 0.312 e. The lowest BCUT2D eigenvalue weighted by Crippen LogP contribution is -2.54. The normalized spacial score (nSPS) is 27.2. The molecule has 0 amide bonds. The molecule has 1 N–H and O–H groups in total. The summed E-state index contributed by atoms with van der Waals surface area (Å²) in [6, 6.07) is 0.751. The summed E-state index contributed by atoms with van der Waals surface area (Å²) in [6.07, 6.45) is 1.30. The van der Waals surface area contributed by atoms with Crippen LogP contribution in [0.1, 0.15) is 34.1 Å². The van der Waals surface area contributed by atoms with E-state index in [-0.39, 0.29) is 0 Å². The van der Waals surface area contributed by atoms with Crippen LogP contribution in [0.3, 0.4) is 0 Å². The van der Waals surface area contributed by atoms with E-state index in [2.05, 4.69) is 44.8 Å². The fourth-order valence-corrected chi connectivity index (χ4v) is 2.55. The van der Waals surface area contributed by atoms with E-state index in [0.717, 1.165) is 12.0 Å². The quantitative estimate of drug-likeness (QED) is 0.726. The Morgan fingerprint density at radius 2 is 2.17 bits per heavy atom. The standard InChI is InChI=1S/C10H21NS/c1-8(2)5-6-11-9-7-12-10(9,3)4/h8-9,11H,5-7H2,1-4H3. The van der Waals surface area contributed by atoms with Crippen molar-refractivity contribution in [1.29, 1.82) is 0 Å². The van der Waals surface area contributed by atoms with Gasteiger partial charge in [0, 0.05) is 16.5 Å². The summed E-state index contributed by atoms with van der Waals surface area (Å²) in [5.74, 6) is 2.12. The highest BCUT2D eigenvalue weighted by Crippen LogP contribution is 2.39. The Hall–Kier alpha value is 0.310. The zero-order chi connectivity index (χ0) is 9.19. The van der Waals surface area contributed by atoms with Crippen molar-refractivity contribution in [2.45, 2.75) is 44.9 Å². The highest BCUT2D eigenvalue weighted by molar-refractivity contribution is 8.02. The maximum Gasteiger partial charge on any atom is 0.0300 e. The Kier molecular flexibility index (Phi) is 3.47. The number of hydrogen-bond donors (Lipinski definition) is 1. The van der Waals surface area contributed by atoms with Crippen molar-refractivity contribution in [3.63, 3.8) is 0 Å². The van der Waals surface area contributed by atoms with Gasteiger partial charge >= 0.3 is 0 Å². The van der Waals surface area contributed by atoms with Crippen molar-refractivity contribution in [3.8, 4) is 0 Å². The zero-order valence-corrected chi connectivity index (χ0v) is 9.50. The second kappa shape index (κ2) is 4.01. The minimum Gasteiger partial charge on any atom is -0.312 e. The van der Waals surface area contributed by atoms with Crippen LogP contribution in [0.5, 0.6) is 0 Å². The van der Waals surface area contributed by atoms with Gasteiger partial charge in [-0.2, -0.15) is 11.8 Å². The average molecular weight is 187 g/mol. The van der Waals surface area contributed by atoms with Gasteiger partial charge in [0.25, 0.3) is 0 Å². The van der Waals surface area contributed by atoms with E-state index in [1.807, 2.05) is 0 Å². The molecule has 0 aromatic rings. The first-order valence-corrected chi connectivity index (χ1v) is 5.88. The van der Waals surface area contributed by atoms with Crippen LogP contribution in [0.15, 0.2) is 0 Å². The summed E-state index contributed by atoms with van der Waals surface area (Å²) in [7, 11) is 0. The van der Waals surface area contributed by atoms with Gasteiger partial charge < -0.3 is 5.32 Å². The molecule has 1 nitrogen and oxygen atoms in total. The number of hydrogen-bond acceptors (Lipinski definition) is 2. The molecular weight excluding hydrogens is 166 g/mol. The summed E-state index contributed by atoms with van der Waals surface area (Å²) in [5.41, 5.74) is 0. The molecule has 1 rings (SSSR count). The van der Waals surface area contributed by atoms with E-state index in [1.165, 1.54) is 18.7 Å². The Balaban J connectivity index is 2.08. The van der Waals surface area contributed by atoms with Crippen LogP contribution < -0.4 is 5.32 Å². The van der Waals surface area contributed by atoms with E-state index in [4.69, 9.17) is 0 Å². The Morgan fingerprint density at radius 3 is 2.50 bits per heavy atom. The minimum absolute atomic E-state index is 0.483. The van der Waals surface area contributed by atoms with Crippen LogP contribution in [0.25, 0.3) is 0 Å². The molecule has 2 heteroatoms. The van der Waals surface area contributed by atoms with Crippen molar-refractivity contribution in [2.75, 3.05) is 12.3 Å². The van der Waals surface area contributed by atoms with Gasteiger partial charge in [-0.25, -0.2) is 0 Å². The molecule has 0 aromatic carbocycles. The molecule has 1 aliphatic heterocycles. The molecule has 0 aliphatic carbocycles. The molecular formula is C10H21NS. The Morgan fingerprint density at radius 1 is 1.50 bits per heavy atom. The van der Waals surface area contributed by atoms with E-state index in [9.17, 15) is 0 Å². The van der Waals surface area contributed by atoms with E-state index < -0.39 is 0 Å². The van der Waals surface area contributed by atoms with Gasteiger partial charge in [-0.3, -0.25) is 0 Å². The molecule has 1 aliphatic rings. The van der Waals surface area contributed by atoms with Gasteiger partial charge in [-0.1, -0.05) is 13.8 Å². The summed E-state index contributed by atoms with van der Waals surface area (Å²) in [5, 5.41) is 3.62. The third kappa shape index (κ3) is 2.67. The van der Waals surface area contributed by atoms with Gasteiger partial charge in [-0.15, -0.1) is 0 Å². The molecule has 1 heterocycles. The van der Waals surface area contributed by atoms with Crippen LogP contribution in [-0.4, -0.2) is 23.1 Å². The van der Waals surface area contributed by atoms with Gasteiger partial charge in [0.05, 0.1) is 0 Å². The maximum atomic E-state index is 3.62. The highest BCUT2D eigenvalue weighted by atomic mass is 32.2. The average Bonchev–Trinajstić information content (AvgIpc) is 1.95. The van der Waals surface area contributed by atoms with Crippen LogP contribution in [0.2, 0.25) is 0 Å². The zero-order valence-electron chi connectivity index (χ0n) is 8.68. The van der Waals surface area contributed by atoms with Crippen LogP contribution in [-0.2, 0) is 0 Å². The van der Waals surface area contributed by atoms with Crippen LogP contribution in [0, 0.1) is 5.92 Å². The van der Waals surface area contributed by atoms with E-state index >= 15 is 0 Å². The molecule has 0 radical (unpaired) electrons. The summed E-state index contributed by atoms with van der Waals surface area (Å²) >= 11 is 2.07. The lowest BCUT2D eigenvalue weighted by Gasteiger charge is -2.44. The summed E-state index contributed by atoms with van der Waals surface area (Å²) in [6.45, 7) is 10.4. The van der Waals surface area contributed by atoms with Gasteiger partial charge in [-0.05, 0) is 32.7 Å². The van der Waals surface area contributed by atoms with Crippen molar-refractivity contribution < 1.29 is 0 Å². The predicted octanol–water partition coefficient (Wildman–Crippen LogP) is 2.52. The molecule has 12 heavy (non-hydrogen) atoms. The molecule has 0 saturated carbocycles. The molecule has 1 unspecified atom stereocenters. The predicted molar refractivity (Wildman–Crippen MR) is 57.8 cm³/mol. The van der Waals surface area contributed by atoms with Crippen molar-refractivity contribution in [3.05, 3.63) is 0 Å². The second-order valence-corrected chi connectivity index (χ2v) is 6.28. The maximum absolute atomic E-state index is 3.62. The summed E-state index contributed by atoms with van der Waals surface area (Å²) in [4.78, 5) is 0. The van der Waals surface area contributed by atoms with E-state index in [1.54, 1.807) is 0 Å². The van der Waals surface area contributed by atoms with Gasteiger partial charge in [0.2, 0.25) is 0 Å². The lowest BCUT2D eigenvalue weighted by atomic mass is 10.0. The topological polar surface area (TPSA) is 12.0 Å². The Labute approximate surface area is 80.7 Å². The molecule has 1 saturated heterocycles. The molecule has 0 spiro atoms. The fraction of sp³-hybridized carbons (Fsp3) is 1.00. The van der Waals surface area contributed by atoms with Gasteiger partial charge in [0.15, 0.2) is 0 Å². The van der Waals surface area contributed by atoms with Crippen molar-refractivity contribution in [2.24, 2.45) is 5.92 Å². The molecule has 0 bridgehead atoms. The third-order valence-electron chi connectivity index (χ3n) is 2.57. The summed E-state index contributed by atoms with van der Waals surface area (Å²) < 4.78 is 0.483. The Bertz CT molecular complexity index is 143. The molecule has 0 aromatic heterocycles. The van der Waals surface area contributed by atoms with Crippen LogP contribution >= 0.6 is 11.8 Å². The second-order valence-electron chi connectivity index (χ2n) is 4.60. The number of rotatable bonds is 4. The van der Waals surface area contributed by atoms with Crippen molar-refractivity contribution >= 4 is 11.8 Å². The first-order chi connectivity index (χ1) is 5.52. The van der Waals surface area contributed by atoms with Crippen LogP contribution in [0.4, 0.5) is 0 Å². The number of nitrogens with one attached hydrogen (secondary N) is 1. The molecule has 1 atom stereocenters. The smallest absolute Gasteiger partial charge is 0.0300 e. The molecule has 72 valence electrons. The fourth-order valence-electron chi connectivity index (χ4n) is 1.35.